The Labute approximate surface area is 151 Å². The molecule has 0 aliphatic rings. The molecule has 5 nitrogen and oxygen atoms in total. The van der Waals surface area contributed by atoms with E-state index in [2.05, 4.69) is 16.2 Å². The minimum absolute atomic E-state index is 0.104. The number of rotatable bonds is 6. The minimum Gasteiger partial charge on any atom is -0.351 e. The number of amides is 2. The van der Waals surface area contributed by atoms with E-state index in [4.69, 9.17) is 34.8 Å². The average molecular weight is 393 g/mol. The van der Waals surface area contributed by atoms with Crippen molar-refractivity contribution >= 4 is 63.6 Å². The van der Waals surface area contributed by atoms with Crippen LogP contribution in [0.2, 0.25) is 15.1 Å². The summed E-state index contributed by atoms with van der Waals surface area (Å²) in [5.74, 6) is -0.525. The number of halogens is 3. The van der Waals surface area contributed by atoms with Crippen LogP contribution < -0.4 is 16.2 Å². The van der Waals surface area contributed by atoms with E-state index in [0.717, 1.165) is 0 Å². The fraction of sp³-hybridized carbons (Fsp3) is 0.143. The summed E-state index contributed by atoms with van der Waals surface area (Å²) in [5.41, 5.74) is 5.46. The SMILES string of the molecule is O=C(CCNC(=O)c1cccs1)NNc1c(Cl)cc(Cl)cc1Cl. The monoisotopic (exact) mass is 391 g/mol. The molecule has 122 valence electrons. The molecule has 0 spiro atoms. The van der Waals surface area contributed by atoms with Crippen LogP contribution >= 0.6 is 46.1 Å². The van der Waals surface area contributed by atoms with Crippen molar-refractivity contribution in [2.45, 2.75) is 6.42 Å². The lowest BCUT2D eigenvalue weighted by atomic mass is 10.3. The second-order valence-electron chi connectivity index (χ2n) is 4.40. The molecule has 0 radical (unpaired) electrons. The van der Waals surface area contributed by atoms with Gasteiger partial charge in [-0.05, 0) is 23.6 Å². The van der Waals surface area contributed by atoms with Gasteiger partial charge in [0.25, 0.3) is 5.91 Å². The largest absolute Gasteiger partial charge is 0.351 e. The lowest BCUT2D eigenvalue weighted by Gasteiger charge is -2.12. The molecule has 0 saturated heterocycles. The van der Waals surface area contributed by atoms with Crippen LogP contribution in [0.15, 0.2) is 29.6 Å². The maximum Gasteiger partial charge on any atom is 0.261 e. The van der Waals surface area contributed by atoms with Gasteiger partial charge < -0.3 is 5.32 Å². The van der Waals surface area contributed by atoms with Crippen LogP contribution in [0.3, 0.4) is 0 Å². The summed E-state index contributed by atoms with van der Waals surface area (Å²) in [5, 5.41) is 5.44. The number of nitrogens with one attached hydrogen (secondary N) is 3. The Hall–Kier alpha value is -1.47. The molecule has 0 saturated carbocycles. The fourth-order valence-electron chi connectivity index (χ4n) is 1.64. The van der Waals surface area contributed by atoms with Gasteiger partial charge >= 0.3 is 0 Å². The van der Waals surface area contributed by atoms with Crippen LogP contribution in [0.1, 0.15) is 16.1 Å². The summed E-state index contributed by atoms with van der Waals surface area (Å²) < 4.78 is 0. The highest BCUT2D eigenvalue weighted by Gasteiger charge is 2.10. The Kier molecular flexibility index (Phi) is 6.53. The van der Waals surface area contributed by atoms with Gasteiger partial charge in [-0.15, -0.1) is 11.3 Å². The van der Waals surface area contributed by atoms with Gasteiger partial charge in [-0.2, -0.15) is 0 Å². The lowest BCUT2D eigenvalue weighted by molar-refractivity contribution is -0.120. The highest BCUT2D eigenvalue weighted by molar-refractivity contribution is 7.12. The van der Waals surface area contributed by atoms with E-state index in [9.17, 15) is 9.59 Å². The molecular weight excluding hydrogens is 381 g/mol. The predicted octanol–water partition coefficient (Wildman–Crippen LogP) is 3.97. The van der Waals surface area contributed by atoms with Crippen molar-refractivity contribution in [1.82, 2.24) is 10.7 Å². The highest BCUT2D eigenvalue weighted by atomic mass is 35.5. The zero-order chi connectivity index (χ0) is 16.8. The molecule has 3 N–H and O–H groups in total. The minimum atomic E-state index is -0.321. The van der Waals surface area contributed by atoms with Gasteiger partial charge in [0.1, 0.15) is 0 Å². The number of carbonyl (C=O) groups is 2. The Morgan fingerprint density at radius 3 is 2.43 bits per heavy atom. The van der Waals surface area contributed by atoms with Crippen LogP contribution in [0.4, 0.5) is 5.69 Å². The van der Waals surface area contributed by atoms with Gasteiger partial charge in [-0.25, -0.2) is 0 Å². The van der Waals surface area contributed by atoms with Crippen molar-refractivity contribution < 1.29 is 9.59 Å². The maximum atomic E-state index is 11.7. The quantitative estimate of drug-likeness (QED) is 0.651. The zero-order valence-electron chi connectivity index (χ0n) is 11.7. The third-order valence-corrected chi connectivity index (χ3v) is 4.40. The molecular formula is C14H12Cl3N3O2S. The fourth-order valence-corrected chi connectivity index (χ4v) is 3.19. The van der Waals surface area contributed by atoms with E-state index in [1.54, 1.807) is 12.1 Å². The predicted molar refractivity (Wildman–Crippen MR) is 94.5 cm³/mol. The van der Waals surface area contributed by atoms with E-state index in [1.807, 2.05) is 5.38 Å². The highest BCUT2D eigenvalue weighted by Crippen LogP contribution is 2.32. The molecule has 1 aromatic heterocycles. The summed E-state index contributed by atoms with van der Waals surface area (Å²) in [6.07, 6.45) is 0.104. The molecule has 0 bridgehead atoms. The van der Waals surface area contributed by atoms with Crippen LogP contribution in [-0.4, -0.2) is 18.4 Å². The summed E-state index contributed by atoms with van der Waals surface area (Å²) >= 11 is 19.1. The number of benzene rings is 1. The third-order valence-electron chi connectivity index (χ3n) is 2.72. The van der Waals surface area contributed by atoms with Crippen molar-refractivity contribution in [3.05, 3.63) is 49.6 Å². The first-order chi connectivity index (χ1) is 11.0. The molecule has 2 amide bonds. The van der Waals surface area contributed by atoms with Gasteiger partial charge in [-0.3, -0.25) is 20.4 Å². The lowest BCUT2D eigenvalue weighted by Crippen LogP contribution is -2.33. The van der Waals surface area contributed by atoms with Crippen molar-refractivity contribution in [3.8, 4) is 0 Å². The number of thiophene rings is 1. The summed E-state index contributed by atoms with van der Waals surface area (Å²) in [6, 6.07) is 6.51. The number of anilines is 1. The Balaban J connectivity index is 1.76. The van der Waals surface area contributed by atoms with E-state index in [0.29, 0.717) is 15.6 Å². The number of carbonyl (C=O) groups excluding carboxylic acids is 2. The summed E-state index contributed by atoms with van der Waals surface area (Å²) in [4.78, 5) is 24.0. The summed E-state index contributed by atoms with van der Waals surface area (Å²) in [6.45, 7) is 0.215. The van der Waals surface area contributed by atoms with Crippen molar-refractivity contribution in [2.24, 2.45) is 0 Å². The molecule has 2 rings (SSSR count). The molecule has 0 aliphatic carbocycles. The standard InChI is InChI=1S/C14H12Cl3N3O2S/c15-8-6-9(16)13(10(17)7-8)20-19-12(21)3-4-18-14(22)11-2-1-5-23-11/h1-2,5-7,20H,3-4H2,(H,18,22)(H,19,21). The molecule has 0 fully saturated rings. The van der Waals surface area contributed by atoms with Crippen molar-refractivity contribution in [1.29, 1.82) is 0 Å². The van der Waals surface area contributed by atoms with Crippen molar-refractivity contribution in [3.63, 3.8) is 0 Å². The first kappa shape index (κ1) is 17.9. The van der Waals surface area contributed by atoms with E-state index in [1.165, 1.54) is 23.5 Å². The first-order valence-corrected chi connectivity index (χ1v) is 8.50. The van der Waals surface area contributed by atoms with E-state index in [-0.39, 0.29) is 34.8 Å². The zero-order valence-corrected chi connectivity index (χ0v) is 14.7. The Morgan fingerprint density at radius 2 is 1.83 bits per heavy atom. The van der Waals surface area contributed by atoms with E-state index < -0.39 is 0 Å². The molecule has 23 heavy (non-hydrogen) atoms. The number of hydrazine groups is 1. The molecule has 0 unspecified atom stereocenters. The molecule has 2 aromatic rings. The molecule has 0 atom stereocenters. The maximum absolute atomic E-state index is 11.7. The molecule has 1 heterocycles. The second-order valence-corrected chi connectivity index (χ2v) is 6.60. The Bertz CT molecular complexity index is 684. The van der Waals surface area contributed by atoms with Gasteiger partial charge in [-0.1, -0.05) is 40.9 Å². The van der Waals surface area contributed by atoms with Crippen LogP contribution in [0.25, 0.3) is 0 Å². The van der Waals surface area contributed by atoms with Crippen LogP contribution in [0.5, 0.6) is 0 Å². The first-order valence-electron chi connectivity index (χ1n) is 6.48. The van der Waals surface area contributed by atoms with Crippen LogP contribution in [-0.2, 0) is 4.79 Å². The topological polar surface area (TPSA) is 70.2 Å². The van der Waals surface area contributed by atoms with Gasteiger partial charge in [0.15, 0.2) is 0 Å². The van der Waals surface area contributed by atoms with Crippen molar-refractivity contribution in [2.75, 3.05) is 12.0 Å². The normalized spacial score (nSPS) is 10.2. The summed E-state index contributed by atoms with van der Waals surface area (Å²) in [7, 11) is 0. The average Bonchev–Trinajstić information content (AvgIpc) is 3.00. The van der Waals surface area contributed by atoms with E-state index >= 15 is 0 Å². The van der Waals surface area contributed by atoms with Crippen LogP contribution in [0, 0.1) is 0 Å². The van der Waals surface area contributed by atoms with Gasteiger partial charge in [0, 0.05) is 18.0 Å². The second kappa shape index (κ2) is 8.40. The smallest absolute Gasteiger partial charge is 0.261 e. The Morgan fingerprint density at radius 1 is 1.13 bits per heavy atom. The third kappa shape index (κ3) is 5.28. The molecule has 0 aliphatic heterocycles. The number of hydrogen-bond donors (Lipinski definition) is 3. The van der Waals surface area contributed by atoms with Gasteiger partial charge in [0.2, 0.25) is 5.91 Å². The van der Waals surface area contributed by atoms with Gasteiger partial charge in [0.05, 0.1) is 20.6 Å². The number of hydrogen-bond acceptors (Lipinski definition) is 4. The molecule has 1 aromatic carbocycles. The molecule has 9 heteroatoms.